The van der Waals surface area contributed by atoms with E-state index in [4.69, 9.17) is 9.88 Å². The maximum Gasteiger partial charge on any atom is 0.410 e. The monoisotopic (exact) mass is 420 g/mol. The average molecular weight is 421 g/mol. The van der Waals surface area contributed by atoms with Crippen LogP contribution in [0.25, 0.3) is 0 Å². The summed E-state index contributed by atoms with van der Waals surface area (Å²) < 4.78 is 54.4. The van der Waals surface area contributed by atoms with Gasteiger partial charge in [-0.2, -0.15) is 0 Å². The number of benzene rings is 1. The van der Waals surface area contributed by atoms with E-state index < -0.39 is 32.2 Å². The van der Waals surface area contributed by atoms with Crippen molar-refractivity contribution in [3.8, 4) is 0 Å². The predicted molar refractivity (Wildman–Crippen MR) is 99.6 cm³/mol. The number of piperidine rings is 1. The lowest BCUT2D eigenvalue weighted by molar-refractivity contribution is 0.0191. The summed E-state index contributed by atoms with van der Waals surface area (Å²) in [5.41, 5.74) is -0.559. The number of hydrogen-bond acceptors (Lipinski definition) is 5. The molecule has 1 aliphatic rings. The van der Waals surface area contributed by atoms with E-state index in [0.717, 1.165) is 12.1 Å². The molecule has 152 valence electrons. The number of carbonyl (C=O) groups excluding carboxylic acids is 1. The molecule has 1 atom stereocenters. The number of likely N-dealkylation sites (tertiary alicyclic amines) is 1. The van der Waals surface area contributed by atoms with Gasteiger partial charge >= 0.3 is 6.09 Å². The lowest BCUT2D eigenvalue weighted by Crippen LogP contribution is -2.42. The summed E-state index contributed by atoms with van der Waals surface area (Å²) in [6, 6.07) is 3.13. The van der Waals surface area contributed by atoms with Crippen LogP contribution >= 0.6 is 0 Å². The van der Waals surface area contributed by atoms with Crippen molar-refractivity contribution in [3.05, 3.63) is 24.0 Å². The molecule has 7 nitrogen and oxygen atoms in total. The Hall–Kier alpha value is -1.52. The first-order valence-electron chi connectivity index (χ1n) is 8.55. The van der Waals surface area contributed by atoms with Crippen LogP contribution in [0, 0.1) is 11.7 Å². The molecule has 27 heavy (non-hydrogen) atoms. The van der Waals surface area contributed by atoms with E-state index in [2.05, 4.69) is 0 Å². The van der Waals surface area contributed by atoms with Crippen molar-refractivity contribution in [2.45, 2.75) is 49.0 Å². The Morgan fingerprint density at radius 2 is 1.93 bits per heavy atom. The maximum absolute atomic E-state index is 14.1. The van der Waals surface area contributed by atoms with E-state index in [9.17, 15) is 21.8 Å². The van der Waals surface area contributed by atoms with Gasteiger partial charge in [0.05, 0.1) is 20.6 Å². The third-order valence-corrected chi connectivity index (χ3v) is 6.64. The van der Waals surface area contributed by atoms with Gasteiger partial charge in [0.2, 0.25) is 10.0 Å². The standard InChI is InChI=1S/C17H25FN2O5S2/c1-17(2,3)25-16(21)20-8-6-12(7-9-20)11-26(22)15-5-4-13(10-14(15)18)27(19,23)24/h4-5,10,12H,6-9,11H2,1-3H3,(H2,19,23,24). The highest BCUT2D eigenvalue weighted by molar-refractivity contribution is 7.89. The number of ether oxygens (including phenoxy) is 1. The zero-order valence-electron chi connectivity index (χ0n) is 15.6. The summed E-state index contributed by atoms with van der Waals surface area (Å²) in [5.74, 6) is -0.541. The quantitative estimate of drug-likeness (QED) is 0.804. The van der Waals surface area contributed by atoms with Crippen molar-refractivity contribution in [2.24, 2.45) is 11.1 Å². The minimum atomic E-state index is -4.01. The number of rotatable bonds is 4. The summed E-state index contributed by atoms with van der Waals surface area (Å²) in [5, 5.41) is 4.96. The number of carbonyl (C=O) groups is 1. The van der Waals surface area contributed by atoms with Crippen LogP contribution in [0.5, 0.6) is 0 Å². The molecule has 2 N–H and O–H groups in total. The Kier molecular flexibility index (Phi) is 6.64. The fourth-order valence-corrected chi connectivity index (χ4v) is 4.72. The second-order valence-corrected chi connectivity index (χ2v) is 10.6. The van der Waals surface area contributed by atoms with Gasteiger partial charge in [0.1, 0.15) is 11.4 Å². The Bertz CT molecular complexity index is 828. The zero-order chi connectivity index (χ0) is 20.4. The highest BCUT2D eigenvalue weighted by Crippen LogP contribution is 2.24. The van der Waals surface area contributed by atoms with Gasteiger partial charge in [0, 0.05) is 18.8 Å². The van der Waals surface area contributed by atoms with Crippen LogP contribution < -0.4 is 5.14 Å². The molecule has 1 aromatic rings. The summed E-state index contributed by atoms with van der Waals surface area (Å²) in [6.45, 7) is 6.39. The van der Waals surface area contributed by atoms with Gasteiger partial charge in [-0.3, -0.25) is 4.21 Å². The molecule has 0 aromatic heterocycles. The van der Waals surface area contributed by atoms with Crippen LogP contribution in [0.1, 0.15) is 33.6 Å². The van der Waals surface area contributed by atoms with E-state index in [1.54, 1.807) is 25.7 Å². The number of nitrogens with two attached hydrogens (primary N) is 1. The number of nitrogens with zero attached hydrogens (tertiary/aromatic N) is 1. The van der Waals surface area contributed by atoms with Gasteiger partial charge in [-0.25, -0.2) is 22.7 Å². The molecule has 0 aliphatic carbocycles. The molecule has 1 saturated heterocycles. The lowest BCUT2D eigenvalue weighted by atomic mass is 9.99. The highest BCUT2D eigenvalue weighted by Gasteiger charge is 2.28. The van der Waals surface area contributed by atoms with Crippen LogP contribution in [-0.4, -0.2) is 48.1 Å². The Morgan fingerprint density at radius 1 is 1.33 bits per heavy atom. The number of primary sulfonamides is 1. The minimum absolute atomic E-state index is 0.0445. The molecule has 1 heterocycles. The molecule has 0 radical (unpaired) electrons. The topological polar surface area (TPSA) is 107 Å². The summed E-state index contributed by atoms with van der Waals surface area (Å²) in [4.78, 5) is 13.3. The van der Waals surface area contributed by atoms with Crippen molar-refractivity contribution in [3.63, 3.8) is 0 Å². The van der Waals surface area contributed by atoms with Crippen molar-refractivity contribution in [1.82, 2.24) is 4.90 Å². The van der Waals surface area contributed by atoms with Gasteiger partial charge in [0.15, 0.2) is 0 Å². The summed E-state index contributed by atoms with van der Waals surface area (Å²) in [7, 11) is -5.62. The van der Waals surface area contributed by atoms with Crippen molar-refractivity contribution < 1.29 is 26.5 Å². The van der Waals surface area contributed by atoms with Crippen LogP contribution in [0.15, 0.2) is 28.0 Å². The highest BCUT2D eigenvalue weighted by atomic mass is 32.2. The third-order valence-electron chi connectivity index (χ3n) is 4.13. The molecule has 1 aliphatic heterocycles. The molecule has 1 fully saturated rings. The minimum Gasteiger partial charge on any atom is -0.444 e. The first kappa shape index (κ1) is 21.8. The summed E-state index contributed by atoms with van der Waals surface area (Å²) >= 11 is 0. The molecular formula is C17H25FN2O5S2. The number of hydrogen-bond donors (Lipinski definition) is 1. The first-order chi connectivity index (χ1) is 12.4. The third kappa shape index (κ3) is 6.25. The normalized spacial score (nSPS) is 17.6. The van der Waals surface area contributed by atoms with E-state index >= 15 is 0 Å². The second-order valence-electron chi connectivity index (χ2n) is 7.56. The van der Waals surface area contributed by atoms with E-state index in [1.807, 2.05) is 0 Å². The SMILES string of the molecule is CC(C)(C)OC(=O)N1CCC(CS(=O)c2ccc(S(N)(=O)=O)cc2F)CC1. The van der Waals surface area contributed by atoms with Crippen LogP contribution in [-0.2, 0) is 25.6 Å². The van der Waals surface area contributed by atoms with Gasteiger partial charge < -0.3 is 9.64 Å². The van der Waals surface area contributed by atoms with Crippen molar-refractivity contribution in [1.29, 1.82) is 0 Å². The Labute approximate surface area is 161 Å². The largest absolute Gasteiger partial charge is 0.444 e. The maximum atomic E-state index is 14.1. The fraction of sp³-hybridized carbons (Fsp3) is 0.588. The molecule has 10 heteroatoms. The van der Waals surface area contributed by atoms with Crippen LogP contribution in [0.2, 0.25) is 0 Å². The Balaban J connectivity index is 1.94. The number of sulfonamides is 1. The van der Waals surface area contributed by atoms with Crippen molar-refractivity contribution >= 4 is 26.9 Å². The van der Waals surface area contributed by atoms with Crippen molar-refractivity contribution in [2.75, 3.05) is 18.8 Å². The van der Waals surface area contributed by atoms with E-state index in [1.165, 1.54) is 6.07 Å². The molecule has 0 spiro atoms. The molecule has 1 aromatic carbocycles. The molecule has 1 unspecified atom stereocenters. The lowest BCUT2D eigenvalue weighted by Gasteiger charge is -2.33. The second kappa shape index (κ2) is 8.24. The van der Waals surface area contributed by atoms with E-state index in [-0.39, 0.29) is 27.6 Å². The van der Waals surface area contributed by atoms with Crippen LogP contribution in [0.3, 0.4) is 0 Å². The van der Waals surface area contributed by atoms with Crippen LogP contribution in [0.4, 0.5) is 9.18 Å². The fourth-order valence-electron chi connectivity index (χ4n) is 2.76. The molecule has 0 saturated carbocycles. The molecule has 1 amide bonds. The van der Waals surface area contributed by atoms with E-state index in [0.29, 0.717) is 25.9 Å². The zero-order valence-corrected chi connectivity index (χ0v) is 17.2. The average Bonchev–Trinajstić information content (AvgIpc) is 2.52. The number of halogens is 1. The predicted octanol–water partition coefficient (Wildman–Crippen LogP) is 2.23. The van der Waals surface area contributed by atoms with Gasteiger partial charge in [-0.1, -0.05) is 0 Å². The summed E-state index contributed by atoms with van der Waals surface area (Å²) in [6.07, 6.45) is 0.913. The molecule has 2 rings (SSSR count). The van der Waals surface area contributed by atoms with Gasteiger partial charge in [-0.15, -0.1) is 0 Å². The van der Waals surface area contributed by atoms with Gasteiger partial charge in [-0.05, 0) is 57.7 Å². The Morgan fingerprint density at radius 3 is 2.41 bits per heavy atom. The number of amides is 1. The van der Waals surface area contributed by atoms with Gasteiger partial charge in [0.25, 0.3) is 0 Å². The first-order valence-corrected chi connectivity index (χ1v) is 11.4. The molecule has 0 bridgehead atoms. The smallest absolute Gasteiger partial charge is 0.410 e. The molecular weight excluding hydrogens is 395 g/mol.